The molecule has 2 aromatic heterocycles. The molecule has 4 rings (SSSR count). The molecule has 11 heteroatoms. The van der Waals surface area contributed by atoms with Gasteiger partial charge in [-0.3, -0.25) is 23.5 Å². The van der Waals surface area contributed by atoms with Crippen LogP contribution in [0, 0.1) is 0 Å². The van der Waals surface area contributed by atoms with Crippen molar-refractivity contribution < 1.29 is 23.3 Å². The number of benzene rings is 1. The van der Waals surface area contributed by atoms with Gasteiger partial charge in [0.05, 0.1) is 10.4 Å². The van der Waals surface area contributed by atoms with Crippen molar-refractivity contribution in [2.75, 3.05) is 30.0 Å². The van der Waals surface area contributed by atoms with Gasteiger partial charge in [0.15, 0.2) is 5.13 Å². The molecular weight excluding hydrogens is 494 g/mol. The number of hydrogen-bond donors (Lipinski definition) is 1. The highest BCUT2D eigenvalue weighted by atomic mass is 32.2. The molecule has 2 unspecified atom stereocenters. The van der Waals surface area contributed by atoms with E-state index < -0.39 is 16.9 Å². The Labute approximate surface area is 207 Å². The largest absolute Gasteiger partial charge is 0.475 e. The fourth-order valence-corrected chi connectivity index (χ4v) is 5.37. The van der Waals surface area contributed by atoms with Crippen molar-refractivity contribution >= 4 is 56.2 Å². The van der Waals surface area contributed by atoms with Crippen molar-refractivity contribution in [2.24, 2.45) is 0 Å². The predicted molar refractivity (Wildman–Crippen MR) is 133 cm³/mol. The van der Waals surface area contributed by atoms with Crippen LogP contribution in [0.25, 0.3) is 0 Å². The van der Waals surface area contributed by atoms with Gasteiger partial charge in [-0.25, -0.2) is 4.98 Å². The summed E-state index contributed by atoms with van der Waals surface area (Å²) in [5, 5.41) is 6.74. The summed E-state index contributed by atoms with van der Waals surface area (Å²) in [4.78, 5) is 44.7. The number of thiophene rings is 1. The summed E-state index contributed by atoms with van der Waals surface area (Å²) in [5.74, 6) is 0.406. The summed E-state index contributed by atoms with van der Waals surface area (Å²) in [6, 6.07) is 10.6. The van der Waals surface area contributed by atoms with Crippen LogP contribution in [0.4, 0.5) is 5.13 Å². The number of ether oxygens (including phenoxy) is 1. The molecule has 1 aliphatic heterocycles. The van der Waals surface area contributed by atoms with Crippen molar-refractivity contribution in [1.29, 1.82) is 0 Å². The lowest BCUT2D eigenvalue weighted by molar-refractivity contribution is -0.121. The van der Waals surface area contributed by atoms with Crippen molar-refractivity contribution in [2.45, 2.75) is 18.9 Å². The quantitative estimate of drug-likeness (QED) is 0.442. The molecule has 1 aromatic carbocycles. The van der Waals surface area contributed by atoms with Gasteiger partial charge in [0.25, 0.3) is 5.91 Å². The maximum absolute atomic E-state index is 13.2. The monoisotopic (exact) mass is 517 g/mol. The second-order valence-corrected chi connectivity index (χ2v) is 10.9. The number of para-hydroxylation sites is 1. The van der Waals surface area contributed by atoms with E-state index in [1.54, 1.807) is 52.9 Å². The first-order chi connectivity index (χ1) is 16.4. The summed E-state index contributed by atoms with van der Waals surface area (Å²) in [5.41, 5.74) is 0.974. The van der Waals surface area contributed by atoms with E-state index in [-0.39, 0.29) is 30.6 Å². The summed E-state index contributed by atoms with van der Waals surface area (Å²) in [6.45, 7) is 0.643. The number of nitrogens with one attached hydrogen (secondary N) is 1. The van der Waals surface area contributed by atoms with Crippen LogP contribution < -0.4 is 15.0 Å². The van der Waals surface area contributed by atoms with Gasteiger partial charge < -0.3 is 10.1 Å². The molecule has 34 heavy (non-hydrogen) atoms. The van der Waals surface area contributed by atoms with Crippen molar-refractivity contribution in [3.05, 3.63) is 63.3 Å². The zero-order valence-electron chi connectivity index (χ0n) is 18.4. The first kappa shape index (κ1) is 24.2. The van der Waals surface area contributed by atoms with Gasteiger partial charge in [-0.05, 0) is 30.0 Å². The zero-order valence-corrected chi connectivity index (χ0v) is 20.8. The number of nitrogens with zero attached hydrogens (tertiary/aromatic N) is 2. The lowest BCUT2D eigenvalue weighted by Gasteiger charge is -2.19. The van der Waals surface area contributed by atoms with Crippen molar-refractivity contribution in [3.63, 3.8) is 0 Å². The average Bonchev–Trinajstić information content (AvgIpc) is 3.57. The minimum absolute atomic E-state index is 0.156. The molecule has 3 aromatic rings. The number of carbonyl (C=O) groups excluding carboxylic acids is 3. The summed E-state index contributed by atoms with van der Waals surface area (Å²) in [6.07, 6.45) is 1.40. The molecule has 0 spiro atoms. The SMILES string of the molecule is CS(=O)CCNC(=O)CCCN(C(=O)c1cccs1)c1nc(C2Oc3ccccc3C2=O)cs1. The number of fused-ring (bicyclic) bond motifs is 1. The van der Waals surface area contributed by atoms with Crippen LogP contribution in [0.2, 0.25) is 0 Å². The van der Waals surface area contributed by atoms with Crippen LogP contribution in [0.3, 0.4) is 0 Å². The zero-order chi connectivity index (χ0) is 24.1. The van der Waals surface area contributed by atoms with Crippen LogP contribution in [0.15, 0.2) is 47.2 Å². The van der Waals surface area contributed by atoms with Gasteiger partial charge >= 0.3 is 0 Å². The molecular formula is C23H23N3O5S3. The topological polar surface area (TPSA) is 106 Å². The molecule has 0 fully saturated rings. The third kappa shape index (κ3) is 5.60. The number of thiazole rings is 1. The van der Waals surface area contributed by atoms with Gasteiger partial charge in [0, 0.05) is 47.7 Å². The molecule has 1 aliphatic rings. The van der Waals surface area contributed by atoms with Crippen LogP contribution in [-0.2, 0) is 15.6 Å². The Morgan fingerprint density at radius 2 is 2.03 bits per heavy atom. The van der Waals surface area contributed by atoms with Crippen molar-refractivity contribution in [3.8, 4) is 5.75 Å². The Kier molecular flexibility index (Phi) is 7.86. The highest BCUT2D eigenvalue weighted by Crippen LogP contribution is 2.38. The lowest BCUT2D eigenvalue weighted by Crippen LogP contribution is -2.33. The molecule has 8 nitrogen and oxygen atoms in total. The predicted octanol–water partition coefficient (Wildman–Crippen LogP) is 3.44. The second kappa shape index (κ2) is 11.0. The maximum Gasteiger partial charge on any atom is 0.270 e. The molecule has 2 amide bonds. The normalized spacial score (nSPS) is 15.4. The molecule has 0 bridgehead atoms. The van der Waals surface area contributed by atoms with E-state index in [1.165, 1.54) is 22.7 Å². The first-order valence-electron chi connectivity index (χ1n) is 10.6. The highest BCUT2D eigenvalue weighted by molar-refractivity contribution is 7.84. The number of amides is 2. The molecule has 0 saturated heterocycles. The van der Waals surface area contributed by atoms with E-state index >= 15 is 0 Å². The fourth-order valence-electron chi connectivity index (χ4n) is 3.45. The molecule has 0 aliphatic carbocycles. The van der Waals surface area contributed by atoms with E-state index in [9.17, 15) is 18.6 Å². The number of rotatable bonds is 10. The van der Waals surface area contributed by atoms with E-state index in [0.29, 0.717) is 45.7 Å². The smallest absolute Gasteiger partial charge is 0.270 e. The van der Waals surface area contributed by atoms with Crippen LogP contribution >= 0.6 is 22.7 Å². The minimum atomic E-state index is -0.965. The molecule has 0 saturated carbocycles. The molecule has 2 atom stereocenters. The lowest BCUT2D eigenvalue weighted by atomic mass is 10.1. The van der Waals surface area contributed by atoms with Gasteiger partial charge in [0.2, 0.25) is 17.8 Å². The minimum Gasteiger partial charge on any atom is -0.475 e. The van der Waals surface area contributed by atoms with Gasteiger partial charge in [-0.15, -0.1) is 22.7 Å². The molecule has 3 heterocycles. The summed E-state index contributed by atoms with van der Waals surface area (Å²) < 4.78 is 17.0. The van der Waals surface area contributed by atoms with Gasteiger partial charge in [0.1, 0.15) is 11.4 Å². The molecule has 0 radical (unpaired) electrons. The highest BCUT2D eigenvalue weighted by Gasteiger charge is 2.35. The number of ketones is 1. The van der Waals surface area contributed by atoms with Gasteiger partial charge in [-0.1, -0.05) is 18.2 Å². The van der Waals surface area contributed by atoms with Crippen LogP contribution in [0.5, 0.6) is 5.75 Å². The Morgan fingerprint density at radius 3 is 2.76 bits per heavy atom. The number of carbonyl (C=O) groups is 3. The third-order valence-corrected chi connectivity index (χ3v) is 7.64. The summed E-state index contributed by atoms with van der Waals surface area (Å²) in [7, 11) is -0.965. The van der Waals surface area contributed by atoms with E-state index in [0.717, 1.165) is 0 Å². The van der Waals surface area contributed by atoms with E-state index in [1.807, 2.05) is 5.38 Å². The second-order valence-electron chi connectivity index (χ2n) is 7.58. The Balaban J connectivity index is 1.45. The number of aromatic nitrogens is 1. The molecule has 178 valence electrons. The summed E-state index contributed by atoms with van der Waals surface area (Å²) >= 11 is 2.59. The number of hydrogen-bond acceptors (Lipinski definition) is 8. The number of Topliss-reactive ketones (excluding diaryl/α,β-unsaturated/α-hetero) is 1. The Morgan fingerprint density at radius 1 is 1.21 bits per heavy atom. The van der Waals surface area contributed by atoms with Crippen LogP contribution in [-0.4, -0.2) is 51.9 Å². The van der Waals surface area contributed by atoms with E-state index in [4.69, 9.17) is 4.74 Å². The van der Waals surface area contributed by atoms with Crippen molar-refractivity contribution in [1.82, 2.24) is 10.3 Å². The van der Waals surface area contributed by atoms with Gasteiger partial charge in [-0.2, -0.15) is 0 Å². The Bertz CT molecular complexity index is 1210. The maximum atomic E-state index is 13.2. The van der Waals surface area contributed by atoms with E-state index in [2.05, 4.69) is 10.3 Å². The fraction of sp³-hybridized carbons (Fsp3) is 0.304. The molecule has 1 N–H and O–H groups in total. The number of anilines is 1. The Hall–Kier alpha value is -2.89. The standard InChI is InChI=1S/C23H23N3O5S3/c1-34(30)13-10-24-19(27)9-4-11-26(22(29)18-8-5-12-32-18)23-25-16(14-33-23)21-20(28)15-6-2-3-7-17(15)31-21/h2-3,5-8,12,14,21H,4,9-11,13H2,1H3,(H,24,27). The third-order valence-electron chi connectivity index (χ3n) is 5.12. The van der Waals surface area contributed by atoms with Crippen LogP contribution in [0.1, 0.15) is 44.7 Å². The average molecular weight is 518 g/mol. The first-order valence-corrected chi connectivity index (χ1v) is 14.1.